The molecule has 0 saturated heterocycles. The van der Waals surface area contributed by atoms with Crippen LogP contribution in [-0.4, -0.2) is 32.6 Å². The van der Waals surface area contributed by atoms with Crippen LogP contribution in [-0.2, 0) is 6.61 Å². The van der Waals surface area contributed by atoms with Gasteiger partial charge in [-0.3, -0.25) is 15.3 Å². The Morgan fingerprint density at radius 1 is 1.14 bits per heavy atom. The predicted molar refractivity (Wildman–Crippen MR) is 115 cm³/mol. The quantitative estimate of drug-likeness (QED) is 0.465. The lowest BCUT2D eigenvalue weighted by Crippen LogP contribution is -2.28. The molecule has 146 valence electrons. The highest BCUT2D eigenvalue weighted by atomic mass is 32.1. The van der Waals surface area contributed by atoms with Gasteiger partial charge in [-0.15, -0.1) is 0 Å². The third-order valence-electron chi connectivity index (χ3n) is 4.29. The van der Waals surface area contributed by atoms with Crippen LogP contribution < -0.4 is 10.6 Å². The van der Waals surface area contributed by atoms with Gasteiger partial charge < -0.3 is 10.4 Å². The number of nitrogens with zero attached hydrogens (tertiary/aromatic N) is 3. The zero-order valence-electron chi connectivity index (χ0n) is 15.7. The van der Waals surface area contributed by atoms with Gasteiger partial charge in [0, 0.05) is 30.1 Å². The second kappa shape index (κ2) is 8.34. The monoisotopic (exact) mass is 405 g/mol. The van der Waals surface area contributed by atoms with Gasteiger partial charge in [-0.1, -0.05) is 23.5 Å². The minimum Gasteiger partial charge on any atom is -0.390 e. The number of benzene rings is 1. The summed E-state index contributed by atoms with van der Waals surface area (Å²) < 4.78 is 0.909. The minimum atomic E-state index is -0.291. The average molecular weight is 405 g/mol. The number of nitrogens with one attached hydrogen (secondary N) is 2. The van der Waals surface area contributed by atoms with Gasteiger partial charge in [0.25, 0.3) is 0 Å². The van der Waals surface area contributed by atoms with E-state index in [4.69, 9.17) is 0 Å². The summed E-state index contributed by atoms with van der Waals surface area (Å²) in [5.74, 6) is 0. The van der Waals surface area contributed by atoms with E-state index in [-0.39, 0.29) is 12.6 Å². The van der Waals surface area contributed by atoms with Crippen LogP contribution in [0.25, 0.3) is 32.6 Å². The van der Waals surface area contributed by atoms with E-state index in [0.717, 1.165) is 32.6 Å². The standard InChI is InChI=1S/C21H19N5O2S/c1-2-23-20(28)26-21-25-18-10-14(13-5-4-8-22-11-13)9-16(19(18)29-21)17-7-3-6-15(12-27)24-17/h3-11,27H,2,12H2,1H3,(H2,23,25,26,28). The average Bonchev–Trinajstić information content (AvgIpc) is 3.16. The van der Waals surface area contributed by atoms with Crippen molar-refractivity contribution in [1.29, 1.82) is 0 Å². The van der Waals surface area contributed by atoms with Crippen molar-refractivity contribution >= 4 is 32.7 Å². The number of aliphatic hydroxyl groups excluding tert-OH is 1. The molecule has 0 spiro atoms. The summed E-state index contributed by atoms with van der Waals surface area (Å²) in [4.78, 5) is 25.3. The number of aliphatic hydroxyl groups is 1. The van der Waals surface area contributed by atoms with Gasteiger partial charge in [-0.25, -0.2) is 9.78 Å². The Morgan fingerprint density at radius 3 is 2.79 bits per heavy atom. The number of thiazole rings is 1. The van der Waals surface area contributed by atoms with E-state index in [1.165, 1.54) is 11.3 Å². The molecule has 0 aliphatic carbocycles. The molecular weight excluding hydrogens is 386 g/mol. The predicted octanol–water partition coefficient (Wildman–Crippen LogP) is 4.05. The Bertz CT molecular complexity index is 1160. The van der Waals surface area contributed by atoms with Crippen LogP contribution in [0.5, 0.6) is 0 Å². The van der Waals surface area contributed by atoms with Crippen LogP contribution in [0.3, 0.4) is 0 Å². The van der Waals surface area contributed by atoms with Crippen molar-refractivity contribution < 1.29 is 9.90 Å². The molecule has 29 heavy (non-hydrogen) atoms. The number of fused-ring (bicyclic) bond motifs is 1. The molecule has 0 aliphatic rings. The van der Waals surface area contributed by atoms with Crippen molar-refractivity contribution in [2.45, 2.75) is 13.5 Å². The number of rotatable bonds is 5. The SMILES string of the molecule is CCNC(=O)Nc1nc2cc(-c3cccnc3)cc(-c3cccc(CO)n3)c2s1. The molecule has 1 aromatic carbocycles. The van der Waals surface area contributed by atoms with Crippen LogP contribution in [0.15, 0.2) is 54.9 Å². The molecule has 0 radical (unpaired) electrons. The number of urea groups is 1. The highest BCUT2D eigenvalue weighted by molar-refractivity contribution is 7.22. The number of hydrogen-bond donors (Lipinski definition) is 3. The van der Waals surface area contributed by atoms with E-state index >= 15 is 0 Å². The molecule has 3 heterocycles. The second-order valence-corrected chi connectivity index (χ2v) is 7.29. The first-order valence-corrected chi connectivity index (χ1v) is 9.96. The molecule has 0 bridgehead atoms. The number of anilines is 1. The molecule has 0 saturated carbocycles. The fourth-order valence-corrected chi connectivity index (χ4v) is 3.96. The smallest absolute Gasteiger partial charge is 0.321 e. The minimum absolute atomic E-state index is 0.133. The summed E-state index contributed by atoms with van der Waals surface area (Å²) in [7, 11) is 0. The molecule has 7 nitrogen and oxygen atoms in total. The van der Waals surface area contributed by atoms with Crippen molar-refractivity contribution in [2.24, 2.45) is 0 Å². The molecule has 0 atom stereocenters. The Labute approximate surface area is 171 Å². The second-order valence-electron chi connectivity index (χ2n) is 6.29. The zero-order valence-corrected chi connectivity index (χ0v) is 16.5. The van der Waals surface area contributed by atoms with Crippen LogP contribution >= 0.6 is 11.3 Å². The zero-order chi connectivity index (χ0) is 20.2. The van der Waals surface area contributed by atoms with Crippen molar-refractivity contribution in [3.05, 3.63) is 60.6 Å². The van der Waals surface area contributed by atoms with Gasteiger partial charge in [-0.05, 0) is 42.8 Å². The number of aromatic nitrogens is 3. The fourth-order valence-electron chi connectivity index (χ4n) is 3.00. The molecule has 4 rings (SSSR count). The van der Waals surface area contributed by atoms with E-state index in [9.17, 15) is 9.90 Å². The largest absolute Gasteiger partial charge is 0.390 e. The van der Waals surface area contributed by atoms with Gasteiger partial charge in [0.1, 0.15) is 0 Å². The molecule has 3 N–H and O–H groups in total. The number of hydrogen-bond acceptors (Lipinski definition) is 6. The lowest BCUT2D eigenvalue weighted by Gasteiger charge is -2.08. The summed E-state index contributed by atoms with van der Waals surface area (Å²) in [6.45, 7) is 2.26. The number of amides is 2. The molecule has 0 aliphatic heterocycles. The van der Waals surface area contributed by atoms with Gasteiger partial charge in [-0.2, -0.15) is 0 Å². The Hall–Kier alpha value is -3.36. The number of carbonyl (C=O) groups excluding carboxylic acids is 1. The first-order valence-electron chi connectivity index (χ1n) is 9.15. The van der Waals surface area contributed by atoms with E-state index in [1.807, 2.05) is 43.3 Å². The van der Waals surface area contributed by atoms with E-state index in [2.05, 4.69) is 25.6 Å². The number of carbonyl (C=O) groups is 1. The maximum Gasteiger partial charge on any atom is 0.321 e. The highest BCUT2D eigenvalue weighted by Crippen LogP contribution is 2.38. The van der Waals surface area contributed by atoms with Crippen molar-refractivity contribution in [3.8, 4) is 22.4 Å². The molecule has 2 amide bonds. The van der Waals surface area contributed by atoms with Crippen molar-refractivity contribution in [2.75, 3.05) is 11.9 Å². The van der Waals surface area contributed by atoms with Crippen molar-refractivity contribution in [1.82, 2.24) is 20.3 Å². The van der Waals surface area contributed by atoms with Crippen LogP contribution in [0.4, 0.5) is 9.93 Å². The first-order chi connectivity index (χ1) is 14.2. The molecule has 3 aromatic heterocycles. The van der Waals surface area contributed by atoms with Gasteiger partial charge in [0.15, 0.2) is 5.13 Å². The third kappa shape index (κ3) is 4.08. The Morgan fingerprint density at radius 2 is 2.03 bits per heavy atom. The first kappa shape index (κ1) is 19.0. The van der Waals surface area contributed by atoms with Crippen molar-refractivity contribution in [3.63, 3.8) is 0 Å². The molecule has 0 unspecified atom stereocenters. The Balaban J connectivity index is 1.88. The van der Waals surface area contributed by atoms with E-state index in [0.29, 0.717) is 17.4 Å². The van der Waals surface area contributed by atoms with Gasteiger partial charge in [0.05, 0.1) is 28.2 Å². The van der Waals surface area contributed by atoms with Crippen LogP contribution in [0.2, 0.25) is 0 Å². The molecule has 0 fully saturated rings. The molecular formula is C21H19N5O2S. The summed E-state index contributed by atoms with van der Waals surface area (Å²) >= 11 is 1.39. The lowest BCUT2D eigenvalue weighted by atomic mass is 10.0. The number of pyridine rings is 2. The summed E-state index contributed by atoms with van der Waals surface area (Å²) in [5, 5.41) is 15.5. The lowest BCUT2D eigenvalue weighted by molar-refractivity contribution is 0.252. The Kier molecular flexibility index (Phi) is 5.46. The fraction of sp³-hybridized carbons (Fsp3) is 0.143. The summed E-state index contributed by atoms with van der Waals surface area (Å²) in [6, 6.07) is 13.1. The van der Waals surface area contributed by atoms with Gasteiger partial charge >= 0.3 is 6.03 Å². The normalized spacial score (nSPS) is 10.8. The highest BCUT2D eigenvalue weighted by Gasteiger charge is 2.15. The van der Waals surface area contributed by atoms with E-state index in [1.54, 1.807) is 18.5 Å². The summed E-state index contributed by atoms with van der Waals surface area (Å²) in [5.41, 5.74) is 4.88. The van der Waals surface area contributed by atoms with Gasteiger partial charge in [0.2, 0.25) is 0 Å². The van der Waals surface area contributed by atoms with Crippen LogP contribution in [0, 0.1) is 0 Å². The van der Waals surface area contributed by atoms with Crippen LogP contribution in [0.1, 0.15) is 12.6 Å². The maximum atomic E-state index is 11.9. The molecule has 8 heteroatoms. The topological polar surface area (TPSA) is 100 Å². The molecule has 4 aromatic rings. The third-order valence-corrected chi connectivity index (χ3v) is 5.31. The maximum absolute atomic E-state index is 11.9. The summed E-state index contributed by atoms with van der Waals surface area (Å²) in [6.07, 6.45) is 3.52. The van der Waals surface area contributed by atoms with E-state index < -0.39 is 0 Å².